The SMILES string of the molecule is Cc1ccc(S(=O)(=O)N(Cc2ccccn2)Cc2ccco2)cc1C. The second kappa shape index (κ2) is 7.21. The largest absolute Gasteiger partial charge is 0.468 e. The van der Waals surface area contributed by atoms with Gasteiger partial charge in [0.05, 0.1) is 29.9 Å². The van der Waals surface area contributed by atoms with Crippen LogP contribution >= 0.6 is 0 Å². The van der Waals surface area contributed by atoms with Gasteiger partial charge in [0, 0.05) is 6.20 Å². The number of benzene rings is 1. The summed E-state index contributed by atoms with van der Waals surface area (Å²) in [5, 5.41) is 0. The summed E-state index contributed by atoms with van der Waals surface area (Å²) in [6, 6.07) is 14.1. The van der Waals surface area contributed by atoms with Crippen LogP contribution in [0.25, 0.3) is 0 Å². The summed E-state index contributed by atoms with van der Waals surface area (Å²) in [6.07, 6.45) is 3.19. The second-order valence-corrected chi connectivity index (χ2v) is 7.86. The van der Waals surface area contributed by atoms with E-state index in [-0.39, 0.29) is 18.0 Å². The molecule has 5 nitrogen and oxygen atoms in total. The molecular formula is C19H20N2O3S. The van der Waals surface area contributed by atoms with Crippen molar-refractivity contribution in [3.63, 3.8) is 0 Å². The molecule has 0 fully saturated rings. The lowest BCUT2D eigenvalue weighted by Gasteiger charge is -2.21. The molecular weight excluding hydrogens is 336 g/mol. The van der Waals surface area contributed by atoms with Crippen molar-refractivity contribution in [2.45, 2.75) is 31.8 Å². The van der Waals surface area contributed by atoms with E-state index in [1.165, 1.54) is 10.6 Å². The van der Waals surface area contributed by atoms with Crippen molar-refractivity contribution in [2.24, 2.45) is 0 Å². The molecule has 130 valence electrons. The first kappa shape index (κ1) is 17.4. The number of aromatic nitrogens is 1. The topological polar surface area (TPSA) is 63.4 Å². The van der Waals surface area contributed by atoms with Crippen LogP contribution in [0, 0.1) is 13.8 Å². The summed E-state index contributed by atoms with van der Waals surface area (Å²) in [4.78, 5) is 4.53. The van der Waals surface area contributed by atoms with Crippen molar-refractivity contribution >= 4 is 10.0 Å². The summed E-state index contributed by atoms with van der Waals surface area (Å²) in [7, 11) is -3.68. The molecule has 0 bridgehead atoms. The highest BCUT2D eigenvalue weighted by Gasteiger charge is 2.26. The second-order valence-electron chi connectivity index (χ2n) is 5.92. The van der Waals surface area contributed by atoms with Gasteiger partial charge >= 0.3 is 0 Å². The Hall–Kier alpha value is -2.44. The number of furan rings is 1. The van der Waals surface area contributed by atoms with Crippen LogP contribution in [0.15, 0.2) is 70.3 Å². The molecule has 1 aromatic carbocycles. The van der Waals surface area contributed by atoms with Gasteiger partial charge < -0.3 is 4.42 Å². The maximum Gasteiger partial charge on any atom is 0.243 e. The van der Waals surface area contributed by atoms with Gasteiger partial charge in [-0.2, -0.15) is 4.31 Å². The first-order valence-electron chi connectivity index (χ1n) is 7.96. The molecule has 0 aliphatic heterocycles. The molecule has 0 spiro atoms. The van der Waals surface area contributed by atoms with Gasteiger partial charge in [-0.3, -0.25) is 4.98 Å². The van der Waals surface area contributed by atoms with Crippen LogP contribution in [-0.2, 0) is 23.1 Å². The van der Waals surface area contributed by atoms with Gasteiger partial charge in [0.2, 0.25) is 10.0 Å². The van der Waals surface area contributed by atoms with Gasteiger partial charge in [-0.15, -0.1) is 0 Å². The Morgan fingerprint density at radius 2 is 1.84 bits per heavy atom. The molecule has 0 radical (unpaired) electrons. The number of rotatable bonds is 6. The van der Waals surface area contributed by atoms with E-state index in [0.29, 0.717) is 11.5 Å². The molecule has 0 amide bonds. The molecule has 6 heteroatoms. The van der Waals surface area contributed by atoms with Gasteiger partial charge in [0.15, 0.2) is 0 Å². The quantitative estimate of drug-likeness (QED) is 0.676. The minimum absolute atomic E-state index is 0.152. The Kier molecular flexibility index (Phi) is 5.01. The van der Waals surface area contributed by atoms with E-state index in [1.54, 1.807) is 36.5 Å². The van der Waals surface area contributed by atoms with Gasteiger partial charge in [-0.05, 0) is 61.4 Å². The van der Waals surface area contributed by atoms with Crippen molar-refractivity contribution in [1.29, 1.82) is 0 Å². The summed E-state index contributed by atoms with van der Waals surface area (Å²) in [6.45, 7) is 4.19. The predicted molar refractivity (Wildman–Crippen MR) is 95.3 cm³/mol. The summed E-state index contributed by atoms with van der Waals surface area (Å²) in [5.74, 6) is 0.586. The molecule has 2 aromatic heterocycles. The lowest BCUT2D eigenvalue weighted by molar-refractivity contribution is 0.355. The third-order valence-corrected chi connectivity index (χ3v) is 5.88. The van der Waals surface area contributed by atoms with Crippen LogP contribution in [0.1, 0.15) is 22.6 Å². The fourth-order valence-electron chi connectivity index (χ4n) is 2.50. The van der Waals surface area contributed by atoms with Crippen LogP contribution in [0.4, 0.5) is 0 Å². The van der Waals surface area contributed by atoms with Crippen molar-refractivity contribution in [1.82, 2.24) is 9.29 Å². The number of nitrogens with zero attached hydrogens (tertiary/aromatic N) is 2. The fourth-order valence-corrected chi connectivity index (χ4v) is 3.96. The molecule has 0 atom stereocenters. The molecule has 0 saturated heterocycles. The Morgan fingerprint density at radius 1 is 1.00 bits per heavy atom. The zero-order chi connectivity index (χ0) is 17.9. The van der Waals surface area contributed by atoms with E-state index >= 15 is 0 Å². The molecule has 0 saturated carbocycles. The van der Waals surface area contributed by atoms with Crippen molar-refractivity contribution in [3.8, 4) is 0 Å². The van der Waals surface area contributed by atoms with Gasteiger partial charge in [-0.25, -0.2) is 8.42 Å². The maximum atomic E-state index is 13.2. The fraction of sp³-hybridized carbons (Fsp3) is 0.211. The minimum Gasteiger partial charge on any atom is -0.468 e. The Labute approximate surface area is 148 Å². The standard InChI is InChI=1S/C19H20N2O3S/c1-15-8-9-19(12-16(15)2)25(22,23)21(14-18-7-5-11-24-18)13-17-6-3-4-10-20-17/h3-12H,13-14H2,1-2H3. The van der Waals surface area contributed by atoms with E-state index in [4.69, 9.17) is 4.42 Å². The monoisotopic (exact) mass is 356 g/mol. The van der Waals surface area contributed by atoms with E-state index in [9.17, 15) is 8.42 Å². The molecule has 2 heterocycles. The predicted octanol–water partition coefficient (Wildman–Crippen LogP) is 3.68. The van der Waals surface area contributed by atoms with E-state index in [1.807, 2.05) is 32.0 Å². The molecule has 0 aliphatic rings. The average molecular weight is 356 g/mol. The van der Waals surface area contributed by atoms with Crippen molar-refractivity contribution < 1.29 is 12.8 Å². The number of hydrogen-bond acceptors (Lipinski definition) is 4. The van der Waals surface area contributed by atoms with Crippen LogP contribution in [-0.4, -0.2) is 17.7 Å². The Bertz CT molecular complexity index is 936. The number of hydrogen-bond donors (Lipinski definition) is 0. The zero-order valence-electron chi connectivity index (χ0n) is 14.2. The number of aryl methyl sites for hydroxylation is 2. The van der Waals surface area contributed by atoms with Gasteiger partial charge in [-0.1, -0.05) is 12.1 Å². The van der Waals surface area contributed by atoms with Crippen LogP contribution in [0.5, 0.6) is 0 Å². The molecule has 0 aliphatic carbocycles. The van der Waals surface area contributed by atoms with Gasteiger partial charge in [0.1, 0.15) is 5.76 Å². The lowest BCUT2D eigenvalue weighted by atomic mass is 10.1. The zero-order valence-corrected chi connectivity index (χ0v) is 15.0. The lowest BCUT2D eigenvalue weighted by Crippen LogP contribution is -2.30. The number of sulfonamides is 1. The first-order chi connectivity index (χ1) is 12.0. The third-order valence-electron chi connectivity index (χ3n) is 4.09. The third kappa shape index (κ3) is 3.97. The first-order valence-corrected chi connectivity index (χ1v) is 9.40. The summed E-state index contributed by atoms with van der Waals surface area (Å²) >= 11 is 0. The van der Waals surface area contributed by atoms with E-state index in [0.717, 1.165) is 11.1 Å². The molecule has 25 heavy (non-hydrogen) atoms. The summed E-state index contributed by atoms with van der Waals surface area (Å²) in [5.41, 5.74) is 2.68. The highest BCUT2D eigenvalue weighted by molar-refractivity contribution is 7.89. The molecule has 3 aromatic rings. The Morgan fingerprint density at radius 3 is 2.48 bits per heavy atom. The molecule has 3 rings (SSSR count). The van der Waals surface area contributed by atoms with Crippen LogP contribution < -0.4 is 0 Å². The Balaban J connectivity index is 1.97. The number of pyridine rings is 1. The smallest absolute Gasteiger partial charge is 0.243 e. The van der Waals surface area contributed by atoms with Crippen LogP contribution in [0.2, 0.25) is 0 Å². The average Bonchev–Trinajstić information content (AvgIpc) is 3.11. The van der Waals surface area contributed by atoms with E-state index < -0.39 is 10.0 Å². The van der Waals surface area contributed by atoms with Crippen molar-refractivity contribution in [3.05, 3.63) is 83.6 Å². The minimum atomic E-state index is -3.68. The highest BCUT2D eigenvalue weighted by Crippen LogP contribution is 2.23. The molecule has 0 N–H and O–H groups in total. The summed E-state index contributed by atoms with van der Waals surface area (Å²) < 4.78 is 33.1. The van der Waals surface area contributed by atoms with Crippen molar-refractivity contribution in [2.75, 3.05) is 0 Å². The molecule has 0 unspecified atom stereocenters. The van der Waals surface area contributed by atoms with Crippen LogP contribution in [0.3, 0.4) is 0 Å². The van der Waals surface area contributed by atoms with Gasteiger partial charge in [0.25, 0.3) is 0 Å². The van der Waals surface area contributed by atoms with E-state index in [2.05, 4.69) is 4.98 Å². The normalized spacial score (nSPS) is 11.8. The maximum absolute atomic E-state index is 13.2. The highest BCUT2D eigenvalue weighted by atomic mass is 32.2.